The predicted molar refractivity (Wildman–Crippen MR) is 144 cm³/mol. The maximum absolute atomic E-state index is 5.53. The maximum Gasteiger partial charge on any atom is 0.0270 e. The zero-order valence-corrected chi connectivity index (χ0v) is 24.1. The summed E-state index contributed by atoms with van der Waals surface area (Å²) in [7, 11) is 11.1. The Hall–Kier alpha value is -1.02. The van der Waals surface area contributed by atoms with E-state index in [0.717, 1.165) is 12.0 Å². The fourth-order valence-corrected chi connectivity index (χ4v) is 5.96. The molecule has 0 radical (unpaired) electrons. The van der Waals surface area contributed by atoms with Gasteiger partial charge in [-0.05, 0) is 68.9 Å². The Morgan fingerprint density at radius 3 is 2.09 bits per heavy atom. The fourth-order valence-electron chi connectivity index (χ4n) is 4.64. The molecule has 4 rings (SSSR count). The SMILES string of the molecule is CC(C)=C[CH]=[Ru]([Cl])[Cl].Cc1cc(C)c(N2[CH-]CC3CCCCC32)c(C)c1.Cc1ccncc1. The number of aromatic nitrogens is 1. The van der Waals surface area contributed by atoms with Gasteiger partial charge in [-0.3, -0.25) is 4.98 Å². The third kappa shape index (κ3) is 9.63. The van der Waals surface area contributed by atoms with Crippen molar-refractivity contribution in [3.63, 3.8) is 0 Å². The molecule has 5 heteroatoms. The minimum Gasteiger partial charge on any atom is -0.519 e. The Labute approximate surface area is 214 Å². The van der Waals surface area contributed by atoms with Crippen LogP contribution >= 0.6 is 19.4 Å². The first kappa shape index (κ1) is 28.2. The molecule has 1 saturated carbocycles. The second-order valence-electron chi connectivity index (χ2n) is 9.28. The molecular weight excluding hydrogens is 536 g/mol. The van der Waals surface area contributed by atoms with E-state index in [9.17, 15) is 0 Å². The van der Waals surface area contributed by atoms with Crippen LogP contribution in [0.25, 0.3) is 0 Å². The zero-order chi connectivity index (χ0) is 24.4. The summed E-state index contributed by atoms with van der Waals surface area (Å²) in [6.07, 6.45) is 12.5. The third-order valence-electron chi connectivity index (χ3n) is 6.05. The first-order valence-corrected chi connectivity index (χ1v) is 17.2. The number of benzene rings is 1. The molecule has 2 heterocycles. The number of allylic oxidation sites excluding steroid dienone is 2. The number of halogens is 2. The average Bonchev–Trinajstić information content (AvgIpc) is 3.17. The number of pyridine rings is 1. The van der Waals surface area contributed by atoms with Crippen molar-refractivity contribution in [2.75, 3.05) is 4.90 Å². The number of hydrogen-bond donors (Lipinski definition) is 0. The van der Waals surface area contributed by atoms with Crippen LogP contribution in [-0.4, -0.2) is 15.6 Å². The van der Waals surface area contributed by atoms with Gasteiger partial charge in [0, 0.05) is 24.1 Å². The summed E-state index contributed by atoms with van der Waals surface area (Å²) in [5, 5.41) is 0. The van der Waals surface area contributed by atoms with Crippen LogP contribution in [0, 0.1) is 40.2 Å². The number of anilines is 1. The van der Waals surface area contributed by atoms with Gasteiger partial charge in [-0.2, -0.15) is 6.42 Å². The van der Waals surface area contributed by atoms with Gasteiger partial charge in [0.25, 0.3) is 0 Å². The summed E-state index contributed by atoms with van der Waals surface area (Å²) in [4.78, 5) is 6.45. The van der Waals surface area contributed by atoms with Gasteiger partial charge < -0.3 is 4.90 Å². The van der Waals surface area contributed by atoms with Crippen LogP contribution in [0.15, 0.2) is 48.3 Å². The molecule has 2 unspecified atom stereocenters. The van der Waals surface area contributed by atoms with Gasteiger partial charge in [0.2, 0.25) is 0 Å². The molecular formula is C28H39Cl2N2Ru-. The molecule has 1 saturated heterocycles. The van der Waals surface area contributed by atoms with E-state index in [4.69, 9.17) is 19.4 Å². The molecule has 33 heavy (non-hydrogen) atoms. The molecule has 1 aliphatic carbocycles. The first-order valence-electron chi connectivity index (χ1n) is 11.7. The van der Waals surface area contributed by atoms with E-state index in [1.54, 1.807) is 12.4 Å². The van der Waals surface area contributed by atoms with E-state index in [2.05, 4.69) is 49.3 Å². The minimum atomic E-state index is -1.52. The molecule has 2 aromatic rings. The van der Waals surface area contributed by atoms with Gasteiger partial charge in [0.1, 0.15) is 0 Å². The molecule has 184 valence electrons. The van der Waals surface area contributed by atoms with E-state index >= 15 is 0 Å². The van der Waals surface area contributed by atoms with E-state index in [0.29, 0.717) is 0 Å². The normalized spacial score (nSPS) is 19.3. The minimum absolute atomic E-state index is 0.777. The first-order chi connectivity index (χ1) is 15.7. The van der Waals surface area contributed by atoms with E-state index in [1.807, 2.05) is 43.6 Å². The average molecular weight is 576 g/mol. The predicted octanol–water partition coefficient (Wildman–Crippen LogP) is 8.61. The Morgan fingerprint density at radius 2 is 1.61 bits per heavy atom. The van der Waals surface area contributed by atoms with Crippen molar-refractivity contribution in [3.05, 3.63) is 77.1 Å². The van der Waals surface area contributed by atoms with Crippen LogP contribution in [0.3, 0.4) is 0 Å². The van der Waals surface area contributed by atoms with Crippen molar-refractivity contribution in [1.29, 1.82) is 0 Å². The molecule has 2 nitrogen and oxygen atoms in total. The van der Waals surface area contributed by atoms with Crippen molar-refractivity contribution >= 4 is 29.7 Å². The molecule has 0 amide bonds. The topological polar surface area (TPSA) is 16.1 Å². The van der Waals surface area contributed by atoms with Gasteiger partial charge in [0.15, 0.2) is 0 Å². The van der Waals surface area contributed by atoms with Crippen molar-refractivity contribution in [3.8, 4) is 0 Å². The third-order valence-corrected chi connectivity index (χ3v) is 7.83. The Bertz CT molecular complexity index is 893. The number of aryl methyl sites for hydroxylation is 4. The molecule has 1 aromatic carbocycles. The van der Waals surface area contributed by atoms with Crippen molar-refractivity contribution in [2.24, 2.45) is 5.92 Å². The second kappa shape index (κ2) is 14.4. The standard InChI is InChI=1S/C17H24N.C6H7N.C5H8.2ClH.Ru/c1-12-10-13(2)17(14(3)11-12)18-9-8-15-6-4-5-7-16(15)18;1-6-2-4-7-5-3-6;1-4-5(2)3;;;/h9-11,15-16H,4-8H2,1-3H3;2-5H,1H3;1,4H,2-3H3;2*1H;/q-1;;;;;+2/p-2. The number of fused-ring (bicyclic) bond motifs is 1. The van der Waals surface area contributed by atoms with Crippen LogP contribution in [0.1, 0.15) is 68.2 Å². The molecule has 0 spiro atoms. The van der Waals surface area contributed by atoms with Crippen LogP contribution in [-0.2, 0) is 13.5 Å². The molecule has 0 N–H and O–H groups in total. The summed E-state index contributed by atoms with van der Waals surface area (Å²) in [5.41, 5.74) is 8.24. The van der Waals surface area contributed by atoms with Crippen LogP contribution in [0.4, 0.5) is 5.69 Å². The van der Waals surface area contributed by atoms with Gasteiger partial charge in [-0.15, -0.1) is 0 Å². The monoisotopic (exact) mass is 575 g/mol. The number of nitrogens with zero attached hydrogens (tertiary/aromatic N) is 2. The molecule has 2 atom stereocenters. The van der Waals surface area contributed by atoms with Gasteiger partial charge >= 0.3 is 63.0 Å². The van der Waals surface area contributed by atoms with Crippen LogP contribution in [0.2, 0.25) is 0 Å². The van der Waals surface area contributed by atoms with Crippen molar-refractivity contribution in [2.45, 2.75) is 79.7 Å². The smallest absolute Gasteiger partial charge is 0.0270 e. The van der Waals surface area contributed by atoms with Crippen molar-refractivity contribution in [1.82, 2.24) is 4.98 Å². The molecule has 1 aliphatic heterocycles. The molecule has 0 bridgehead atoms. The zero-order valence-electron chi connectivity index (χ0n) is 20.9. The molecule has 2 fully saturated rings. The summed E-state index contributed by atoms with van der Waals surface area (Å²) >= 11 is -1.52. The van der Waals surface area contributed by atoms with E-state index in [1.165, 1.54) is 65.6 Å². The Kier molecular flexibility index (Phi) is 12.3. The van der Waals surface area contributed by atoms with Gasteiger partial charge in [-0.1, -0.05) is 37.0 Å². The van der Waals surface area contributed by atoms with Crippen LogP contribution < -0.4 is 4.90 Å². The summed E-state index contributed by atoms with van der Waals surface area (Å²) < 4.78 is 1.88. The Morgan fingerprint density at radius 1 is 1.00 bits per heavy atom. The van der Waals surface area contributed by atoms with E-state index in [-0.39, 0.29) is 0 Å². The summed E-state index contributed by atoms with van der Waals surface area (Å²) in [5.74, 6) is 0.916. The van der Waals surface area contributed by atoms with Crippen LogP contribution in [0.5, 0.6) is 0 Å². The second-order valence-corrected chi connectivity index (χ2v) is 15.1. The largest absolute Gasteiger partial charge is 0.519 e. The molecule has 1 aromatic heterocycles. The molecule has 2 aliphatic rings. The van der Waals surface area contributed by atoms with E-state index < -0.39 is 13.5 Å². The van der Waals surface area contributed by atoms with Gasteiger partial charge in [-0.25, -0.2) is 6.54 Å². The fraction of sp³-hybridized carbons (Fsp3) is 0.464. The summed E-state index contributed by atoms with van der Waals surface area (Å²) in [6.45, 7) is 15.3. The maximum atomic E-state index is 5.53. The quantitative estimate of drug-likeness (QED) is 0.263. The summed E-state index contributed by atoms with van der Waals surface area (Å²) in [6, 6.07) is 9.37. The number of hydrogen-bond acceptors (Lipinski definition) is 2. The Balaban J connectivity index is 0.000000213. The van der Waals surface area contributed by atoms with Crippen molar-refractivity contribution < 1.29 is 13.5 Å². The van der Waals surface area contributed by atoms with Gasteiger partial charge in [0.05, 0.1) is 0 Å². The number of rotatable bonds is 2.